The molecular formula is C13H19NO2S. The van der Waals surface area contributed by atoms with Crippen LogP contribution in [0.5, 0.6) is 0 Å². The van der Waals surface area contributed by atoms with Crippen LogP contribution in [0.1, 0.15) is 31.2 Å². The Hall–Kier alpha value is -0.870. The zero-order valence-corrected chi connectivity index (χ0v) is 11.0. The summed E-state index contributed by atoms with van der Waals surface area (Å²) < 4.78 is 26.7. The fourth-order valence-electron chi connectivity index (χ4n) is 2.11. The van der Waals surface area contributed by atoms with Crippen LogP contribution in [0.2, 0.25) is 0 Å². The Morgan fingerprint density at radius 2 is 2.00 bits per heavy atom. The SMILES string of the molecule is Cc1ccccc1S(=O)(=O)NCCC1CCC1. The maximum atomic E-state index is 12.0. The monoisotopic (exact) mass is 253 g/mol. The summed E-state index contributed by atoms with van der Waals surface area (Å²) in [6, 6.07) is 7.08. The summed E-state index contributed by atoms with van der Waals surface area (Å²) in [6.07, 6.45) is 4.78. The molecule has 1 N–H and O–H groups in total. The number of rotatable bonds is 5. The molecule has 0 spiro atoms. The van der Waals surface area contributed by atoms with Crippen molar-refractivity contribution >= 4 is 10.0 Å². The van der Waals surface area contributed by atoms with Crippen LogP contribution in [0, 0.1) is 12.8 Å². The summed E-state index contributed by atoms with van der Waals surface area (Å²) >= 11 is 0. The summed E-state index contributed by atoms with van der Waals surface area (Å²) in [5.41, 5.74) is 0.795. The largest absolute Gasteiger partial charge is 0.240 e. The van der Waals surface area contributed by atoms with Gasteiger partial charge < -0.3 is 0 Å². The second-order valence-electron chi connectivity index (χ2n) is 4.75. The molecule has 1 aromatic rings. The molecule has 4 heteroatoms. The Balaban J connectivity index is 1.96. The van der Waals surface area contributed by atoms with Gasteiger partial charge in [-0.25, -0.2) is 13.1 Å². The molecule has 0 bridgehead atoms. The predicted molar refractivity (Wildman–Crippen MR) is 68.3 cm³/mol. The molecule has 2 rings (SSSR count). The van der Waals surface area contributed by atoms with E-state index in [0.717, 1.165) is 17.9 Å². The van der Waals surface area contributed by atoms with Gasteiger partial charge in [-0.15, -0.1) is 0 Å². The van der Waals surface area contributed by atoms with Crippen molar-refractivity contribution in [1.29, 1.82) is 0 Å². The predicted octanol–water partition coefficient (Wildman–Crippen LogP) is 2.46. The van der Waals surface area contributed by atoms with E-state index in [1.165, 1.54) is 19.3 Å². The number of sulfonamides is 1. The Kier molecular flexibility index (Phi) is 3.84. The first-order valence-corrected chi connectivity index (χ1v) is 7.63. The van der Waals surface area contributed by atoms with E-state index in [0.29, 0.717) is 11.4 Å². The average Bonchev–Trinajstić information content (AvgIpc) is 2.22. The van der Waals surface area contributed by atoms with E-state index in [4.69, 9.17) is 0 Å². The molecule has 1 aliphatic carbocycles. The molecule has 3 nitrogen and oxygen atoms in total. The van der Waals surface area contributed by atoms with Crippen molar-refractivity contribution in [3.05, 3.63) is 29.8 Å². The van der Waals surface area contributed by atoms with Crippen molar-refractivity contribution in [3.63, 3.8) is 0 Å². The minimum Gasteiger partial charge on any atom is -0.211 e. The molecule has 0 unspecified atom stereocenters. The van der Waals surface area contributed by atoms with Crippen LogP contribution in [-0.2, 0) is 10.0 Å². The summed E-state index contributed by atoms with van der Waals surface area (Å²) in [5.74, 6) is 0.731. The lowest BCUT2D eigenvalue weighted by Gasteiger charge is -2.25. The normalized spacial score (nSPS) is 16.8. The van der Waals surface area contributed by atoms with Crippen molar-refractivity contribution < 1.29 is 8.42 Å². The number of benzene rings is 1. The molecule has 1 aromatic carbocycles. The maximum Gasteiger partial charge on any atom is 0.240 e. The van der Waals surface area contributed by atoms with Gasteiger partial charge in [0.15, 0.2) is 0 Å². The highest BCUT2D eigenvalue weighted by Gasteiger charge is 2.19. The van der Waals surface area contributed by atoms with Crippen molar-refractivity contribution in [3.8, 4) is 0 Å². The van der Waals surface area contributed by atoms with Gasteiger partial charge in [-0.2, -0.15) is 0 Å². The topological polar surface area (TPSA) is 46.2 Å². The molecule has 17 heavy (non-hydrogen) atoms. The van der Waals surface area contributed by atoms with Gasteiger partial charge in [0.1, 0.15) is 0 Å². The lowest BCUT2D eigenvalue weighted by molar-refractivity contribution is 0.297. The van der Waals surface area contributed by atoms with Crippen molar-refractivity contribution in [2.24, 2.45) is 5.92 Å². The van der Waals surface area contributed by atoms with E-state index in [-0.39, 0.29) is 0 Å². The third-order valence-corrected chi connectivity index (χ3v) is 5.07. The van der Waals surface area contributed by atoms with Gasteiger partial charge >= 0.3 is 0 Å². The van der Waals surface area contributed by atoms with Crippen molar-refractivity contribution in [1.82, 2.24) is 4.72 Å². The van der Waals surface area contributed by atoms with Crippen LogP contribution >= 0.6 is 0 Å². The summed E-state index contributed by atoms with van der Waals surface area (Å²) in [7, 11) is -3.32. The minimum atomic E-state index is -3.32. The van der Waals surface area contributed by atoms with Crippen LogP contribution in [0.3, 0.4) is 0 Å². The number of hydrogen-bond donors (Lipinski definition) is 1. The van der Waals surface area contributed by atoms with E-state index < -0.39 is 10.0 Å². The number of hydrogen-bond acceptors (Lipinski definition) is 2. The second-order valence-corrected chi connectivity index (χ2v) is 6.48. The smallest absolute Gasteiger partial charge is 0.211 e. The lowest BCUT2D eigenvalue weighted by atomic mass is 9.83. The van der Waals surface area contributed by atoms with E-state index in [2.05, 4.69) is 4.72 Å². The van der Waals surface area contributed by atoms with Crippen LogP contribution in [0.25, 0.3) is 0 Å². The Bertz CT molecular complexity index is 478. The third kappa shape index (κ3) is 3.07. The fraction of sp³-hybridized carbons (Fsp3) is 0.538. The van der Waals surface area contributed by atoms with Gasteiger partial charge in [0.05, 0.1) is 4.90 Å². The van der Waals surface area contributed by atoms with Crippen molar-refractivity contribution in [2.75, 3.05) is 6.54 Å². The van der Waals surface area contributed by atoms with Gasteiger partial charge in [-0.05, 0) is 30.9 Å². The standard InChI is InChI=1S/C13H19NO2S/c1-11-5-2-3-8-13(11)17(15,16)14-10-9-12-6-4-7-12/h2-3,5,8,12,14H,4,6-7,9-10H2,1H3. The Labute approximate surface area is 103 Å². The average molecular weight is 253 g/mol. The Morgan fingerprint density at radius 1 is 1.29 bits per heavy atom. The highest BCUT2D eigenvalue weighted by atomic mass is 32.2. The molecule has 0 aromatic heterocycles. The van der Waals surface area contributed by atoms with Gasteiger partial charge in [0.25, 0.3) is 0 Å². The quantitative estimate of drug-likeness (QED) is 0.876. The molecule has 0 aliphatic heterocycles. The highest BCUT2D eigenvalue weighted by molar-refractivity contribution is 7.89. The molecule has 0 amide bonds. The van der Waals surface area contributed by atoms with Crippen LogP contribution in [0.4, 0.5) is 0 Å². The zero-order valence-electron chi connectivity index (χ0n) is 10.1. The Morgan fingerprint density at radius 3 is 2.59 bits per heavy atom. The van der Waals surface area contributed by atoms with Crippen LogP contribution in [-0.4, -0.2) is 15.0 Å². The first-order chi connectivity index (χ1) is 8.09. The van der Waals surface area contributed by atoms with Crippen LogP contribution in [0.15, 0.2) is 29.2 Å². The number of aryl methyl sites for hydroxylation is 1. The van der Waals surface area contributed by atoms with Gasteiger partial charge in [-0.3, -0.25) is 0 Å². The summed E-state index contributed by atoms with van der Waals surface area (Å²) in [5, 5.41) is 0. The van der Waals surface area contributed by atoms with E-state index in [1.54, 1.807) is 12.1 Å². The lowest BCUT2D eigenvalue weighted by Crippen LogP contribution is -2.28. The van der Waals surface area contributed by atoms with E-state index >= 15 is 0 Å². The molecule has 0 radical (unpaired) electrons. The fourth-order valence-corrected chi connectivity index (χ4v) is 3.41. The number of nitrogens with one attached hydrogen (secondary N) is 1. The second kappa shape index (κ2) is 5.19. The maximum absolute atomic E-state index is 12.0. The summed E-state index contributed by atoms with van der Waals surface area (Å²) in [4.78, 5) is 0.397. The van der Waals surface area contributed by atoms with E-state index in [1.807, 2.05) is 19.1 Å². The van der Waals surface area contributed by atoms with E-state index in [9.17, 15) is 8.42 Å². The van der Waals surface area contributed by atoms with Crippen LogP contribution < -0.4 is 4.72 Å². The summed E-state index contributed by atoms with van der Waals surface area (Å²) in [6.45, 7) is 2.38. The van der Waals surface area contributed by atoms with Gasteiger partial charge in [0, 0.05) is 6.54 Å². The molecular weight excluding hydrogens is 234 g/mol. The molecule has 94 valence electrons. The first-order valence-electron chi connectivity index (χ1n) is 6.15. The highest BCUT2D eigenvalue weighted by Crippen LogP contribution is 2.28. The molecule has 0 saturated heterocycles. The molecule has 1 saturated carbocycles. The zero-order chi connectivity index (χ0) is 12.3. The third-order valence-electron chi connectivity index (χ3n) is 3.45. The molecule has 1 aliphatic rings. The first kappa shape index (κ1) is 12.6. The molecule has 0 heterocycles. The van der Waals surface area contributed by atoms with Crippen molar-refractivity contribution in [2.45, 2.75) is 37.5 Å². The van der Waals surface area contributed by atoms with Gasteiger partial charge in [0.2, 0.25) is 10.0 Å². The van der Waals surface area contributed by atoms with Gasteiger partial charge in [-0.1, -0.05) is 37.5 Å². The molecule has 0 atom stereocenters. The minimum absolute atomic E-state index is 0.397. The molecule has 1 fully saturated rings.